The van der Waals surface area contributed by atoms with Gasteiger partial charge < -0.3 is 19.9 Å². The van der Waals surface area contributed by atoms with Gasteiger partial charge in [0, 0.05) is 12.1 Å². The highest BCUT2D eigenvalue weighted by atomic mass is 35.5. The molecule has 0 fully saturated rings. The molecule has 0 bridgehead atoms. The second-order valence-electron chi connectivity index (χ2n) is 3.71. The molecular formula is C12H14ClN3O3. The van der Waals surface area contributed by atoms with Gasteiger partial charge in [-0.1, -0.05) is 11.6 Å². The van der Waals surface area contributed by atoms with E-state index in [1.54, 1.807) is 12.1 Å². The lowest BCUT2D eigenvalue weighted by atomic mass is 10.1. The zero-order chi connectivity index (χ0) is 14.0. The van der Waals surface area contributed by atoms with Crippen molar-refractivity contribution >= 4 is 17.4 Å². The molecular weight excluding hydrogens is 270 g/mol. The minimum atomic E-state index is 0.359. The van der Waals surface area contributed by atoms with Gasteiger partial charge in [0.05, 0.1) is 37.6 Å². The van der Waals surface area contributed by atoms with E-state index in [1.807, 2.05) is 0 Å². The normalized spacial score (nSPS) is 10.3. The fourth-order valence-corrected chi connectivity index (χ4v) is 2.13. The standard InChI is InChI=1S/C12H14ClN3O3/c1-17-8-4-6(13)11(18-2)10(12(8)19-3)7-5-9(14)16-15-7/h4-5H,1-3H3,(H3,14,15,16). The second kappa shape index (κ2) is 5.27. The summed E-state index contributed by atoms with van der Waals surface area (Å²) in [7, 11) is 4.59. The Morgan fingerprint density at radius 1 is 1.11 bits per heavy atom. The van der Waals surface area contributed by atoms with Crippen LogP contribution in [0.15, 0.2) is 12.1 Å². The van der Waals surface area contributed by atoms with Crippen molar-refractivity contribution in [2.75, 3.05) is 27.1 Å². The number of nitrogens with zero attached hydrogens (tertiary/aromatic N) is 1. The van der Waals surface area contributed by atoms with Crippen LogP contribution in [0.25, 0.3) is 11.3 Å². The summed E-state index contributed by atoms with van der Waals surface area (Å²) in [6.07, 6.45) is 0. The Bertz CT molecular complexity index is 598. The molecule has 0 aliphatic heterocycles. The first-order valence-corrected chi connectivity index (χ1v) is 5.79. The average Bonchev–Trinajstić information content (AvgIpc) is 2.83. The van der Waals surface area contributed by atoms with Crippen LogP contribution < -0.4 is 19.9 Å². The molecule has 0 unspecified atom stereocenters. The van der Waals surface area contributed by atoms with Gasteiger partial charge in [0.2, 0.25) is 0 Å². The Hall–Kier alpha value is -2.08. The van der Waals surface area contributed by atoms with Crippen LogP contribution in [0, 0.1) is 0 Å². The van der Waals surface area contributed by atoms with Crippen molar-refractivity contribution in [2.24, 2.45) is 0 Å². The molecule has 0 aliphatic rings. The molecule has 6 nitrogen and oxygen atoms in total. The van der Waals surface area contributed by atoms with Crippen LogP contribution in [-0.2, 0) is 0 Å². The fraction of sp³-hybridized carbons (Fsp3) is 0.250. The summed E-state index contributed by atoms with van der Waals surface area (Å²) in [6.45, 7) is 0. The van der Waals surface area contributed by atoms with E-state index in [-0.39, 0.29) is 0 Å². The lowest BCUT2D eigenvalue weighted by molar-refractivity contribution is 0.351. The molecule has 0 spiro atoms. The number of nitrogens with one attached hydrogen (secondary N) is 1. The van der Waals surface area contributed by atoms with Gasteiger partial charge in [0.25, 0.3) is 0 Å². The third-order valence-corrected chi connectivity index (χ3v) is 2.93. The van der Waals surface area contributed by atoms with Crippen molar-refractivity contribution in [3.8, 4) is 28.5 Å². The molecule has 2 rings (SSSR count). The highest BCUT2D eigenvalue weighted by molar-refractivity contribution is 6.33. The quantitative estimate of drug-likeness (QED) is 0.900. The molecule has 1 heterocycles. The van der Waals surface area contributed by atoms with Crippen molar-refractivity contribution in [2.45, 2.75) is 0 Å². The molecule has 0 saturated heterocycles. The molecule has 1 aromatic carbocycles. The molecule has 19 heavy (non-hydrogen) atoms. The Labute approximate surface area is 115 Å². The number of anilines is 1. The number of hydrogen-bond donors (Lipinski definition) is 2. The van der Waals surface area contributed by atoms with Gasteiger partial charge >= 0.3 is 0 Å². The minimum Gasteiger partial charge on any atom is -0.494 e. The number of ether oxygens (including phenoxy) is 3. The number of benzene rings is 1. The van der Waals surface area contributed by atoms with Crippen molar-refractivity contribution in [3.63, 3.8) is 0 Å². The summed E-state index contributed by atoms with van der Waals surface area (Å²) < 4.78 is 16.0. The van der Waals surface area contributed by atoms with Crippen LogP contribution in [0.4, 0.5) is 5.82 Å². The Morgan fingerprint density at radius 3 is 2.26 bits per heavy atom. The highest BCUT2D eigenvalue weighted by Crippen LogP contribution is 2.48. The van der Waals surface area contributed by atoms with Gasteiger partial charge in [0.15, 0.2) is 17.2 Å². The lowest BCUT2D eigenvalue weighted by Crippen LogP contribution is -1.98. The smallest absolute Gasteiger partial charge is 0.173 e. The number of nitrogens with two attached hydrogens (primary N) is 1. The lowest BCUT2D eigenvalue weighted by Gasteiger charge is -2.16. The fourth-order valence-electron chi connectivity index (χ4n) is 1.86. The van der Waals surface area contributed by atoms with E-state index in [0.717, 1.165) is 0 Å². The maximum absolute atomic E-state index is 6.17. The summed E-state index contributed by atoms with van der Waals surface area (Å²) in [4.78, 5) is 0. The average molecular weight is 284 g/mol. The topological polar surface area (TPSA) is 82.4 Å². The SMILES string of the molecule is COc1cc(Cl)c(OC)c(-c2cc(N)n[nH]2)c1OC. The van der Waals surface area contributed by atoms with Gasteiger partial charge in [-0.05, 0) is 0 Å². The number of rotatable bonds is 4. The van der Waals surface area contributed by atoms with E-state index in [0.29, 0.717) is 39.3 Å². The summed E-state index contributed by atoms with van der Waals surface area (Å²) in [5, 5.41) is 7.09. The molecule has 0 saturated carbocycles. The maximum atomic E-state index is 6.17. The highest BCUT2D eigenvalue weighted by Gasteiger charge is 2.22. The third-order valence-electron chi connectivity index (χ3n) is 2.65. The van der Waals surface area contributed by atoms with Crippen molar-refractivity contribution in [1.82, 2.24) is 10.2 Å². The molecule has 7 heteroatoms. The van der Waals surface area contributed by atoms with Gasteiger partial charge in [-0.2, -0.15) is 5.10 Å². The molecule has 1 aromatic heterocycles. The first kappa shape index (κ1) is 13.4. The van der Waals surface area contributed by atoms with Gasteiger partial charge in [-0.15, -0.1) is 0 Å². The van der Waals surface area contributed by atoms with Crippen molar-refractivity contribution in [3.05, 3.63) is 17.2 Å². The van der Waals surface area contributed by atoms with E-state index in [4.69, 9.17) is 31.5 Å². The second-order valence-corrected chi connectivity index (χ2v) is 4.12. The Balaban J connectivity index is 2.77. The van der Waals surface area contributed by atoms with Crippen LogP contribution in [0.1, 0.15) is 0 Å². The Kier molecular flexibility index (Phi) is 3.71. The monoisotopic (exact) mass is 283 g/mol. The summed E-state index contributed by atoms with van der Waals surface area (Å²) in [5.41, 5.74) is 6.86. The molecule has 0 radical (unpaired) electrons. The largest absolute Gasteiger partial charge is 0.494 e. The Morgan fingerprint density at radius 2 is 1.79 bits per heavy atom. The van der Waals surface area contributed by atoms with Crippen LogP contribution in [0.5, 0.6) is 17.2 Å². The summed E-state index contributed by atoms with van der Waals surface area (Å²) in [5.74, 6) is 1.81. The zero-order valence-corrected chi connectivity index (χ0v) is 11.5. The summed E-state index contributed by atoms with van der Waals surface area (Å²) >= 11 is 6.17. The minimum absolute atomic E-state index is 0.359. The number of aromatic amines is 1. The zero-order valence-electron chi connectivity index (χ0n) is 10.8. The predicted molar refractivity (Wildman–Crippen MR) is 73.1 cm³/mol. The number of nitrogen functional groups attached to an aromatic ring is 1. The summed E-state index contributed by atoms with van der Waals surface area (Å²) in [6, 6.07) is 3.29. The number of aromatic nitrogens is 2. The van der Waals surface area contributed by atoms with Crippen LogP contribution in [-0.4, -0.2) is 31.5 Å². The van der Waals surface area contributed by atoms with Gasteiger partial charge in [-0.25, -0.2) is 0 Å². The molecule has 0 amide bonds. The van der Waals surface area contributed by atoms with Crippen LogP contribution in [0.2, 0.25) is 5.02 Å². The van der Waals surface area contributed by atoms with E-state index in [9.17, 15) is 0 Å². The molecule has 0 atom stereocenters. The first-order chi connectivity index (χ1) is 9.12. The van der Waals surface area contributed by atoms with Crippen molar-refractivity contribution in [1.29, 1.82) is 0 Å². The molecule has 102 valence electrons. The molecule has 3 N–H and O–H groups in total. The third kappa shape index (κ3) is 2.26. The van der Waals surface area contributed by atoms with E-state index in [2.05, 4.69) is 10.2 Å². The number of halogens is 1. The molecule has 2 aromatic rings. The number of H-pyrrole nitrogens is 1. The van der Waals surface area contributed by atoms with Gasteiger partial charge in [-0.3, -0.25) is 5.10 Å². The van der Waals surface area contributed by atoms with Crippen LogP contribution in [0.3, 0.4) is 0 Å². The number of methoxy groups -OCH3 is 3. The van der Waals surface area contributed by atoms with E-state index in [1.165, 1.54) is 21.3 Å². The van der Waals surface area contributed by atoms with Crippen molar-refractivity contribution < 1.29 is 14.2 Å². The predicted octanol–water partition coefficient (Wildman–Crippen LogP) is 2.34. The molecule has 0 aliphatic carbocycles. The van der Waals surface area contributed by atoms with E-state index >= 15 is 0 Å². The first-order valence-electron chi connectivity index (χ1n) is 5.42. The maximum Gasteiger partial charge on any atom is 0.173 e. The van der Waals surface area contributed by atoms with Gasteiger partial charge in [0.1, 0.15) is 5.82 Å². The number of hydrogen-bond acceptors (Lipinski definition) is 5. The van der Waals surface area contributed by atoms with Crippen LogP contribution >= 0.6 is 11.6 Å². The van der Waals surface area contributed by atoms with E-state index < -0.39 is 0 Å².